The Hall–Kier alpha value is -4.73. The molecule has 0 atom stereocenters. The number of aliphatic hydroxyl groups excluding tert-OH is 2. The molecule has 15 heteroatoms. The number of hydrogen-bond acceptors (Lipinski definition) is 11. The molecular weight excluding hydrogens is 558 g/mol. The van der Waals surface area contributed by atoms with Crippen molar-refractivity contribution in [2.45, 2.75) is 6.42 Å². The molecule has 0 fully saturated rings. The summed E-state index contributed by atoms with van der Waals surface area (Å²) in [5, 5.41) is 50.5. The number of rotatable bonds is 15. The van der Waals surface area contributed by atoms with Crippen LogP contribution >= 0.6 is 0 Å². The number of hydrogen-bond donors (Lipinski definition) is 6. The van der Waals surface area contributed by atoms with Crippen molar-refractivity contribution >= 4 is 40.5 Å². The number of aliphatic hydroxyl groups is 2. The highest BCUT2D eigenvalue weighted by Crippen LogP contribution is 2.35. The first-order valence-electron chi connectivity index (χ1n) is 12.3. The minimum atomic E-state index is -1.26. The van der Waals surface area contributed by atoms with Gasteiger partial charge < -0.3 is 45.0 Å². The van der Waals surface area contributed by atoms with Gasteiger partial charge >= 0.3 is 23.9 Å². The summed E-state index contributed by atoms with van der Waals surface area (Å²) >= 11 is 0. The van der Waals surface area contributed by atoms with E-state index in [2.05, 4.69) is 14.8 Å². The van der Waals surface area contributed by atoms with Gasteiger partial charge in [-0.1, -0.05) is 0 Å². The first-order chi connectivity index (χ1) is 19.9. The molecule has 2 rings (SSSR count). The van der Waals surface area contributed by atoms with Gasteiger partial charge in [-0.2, -0.15) is 0 Å². The molecule has 0 unspecified atom stereocenters. The molecule has 0 saturated heterocycles. The topological polar surface area (TPSA) is 227 Å². The monoisotopic (exact) mass is 595 g/mol. The molecule has 0 saturated carbocycles. The summed E-state index contributed by atoms with van der Waals surface area (Å²) in [6.07, 6.45) is 4.95. The predicted molar refractivity (Wildman–Crippen MR) is 152 cm³/mol. The van der Waals surface area contributed by atoms with Gasteiger partial charge in [0.05, 0.1) is 33.0 Å². The number of fused-ring (bicyclic) bond motifs is 1. The second-order valence-electron chi connectivity index (χ2n) is 8.14. The average Bonchev–Trinajstić information content (AvgIpc) is 2.94. The molecule has 0 aliphatic rings. The van der Waals surface area contributed by atoms with Gasteiger partial charge in [0.25, 0.3) is 0 Å². The largest absolute Gasteiger partial charge is 0.493 e. The lowest BCUT2D eigenvalue weighted by Gasteiger charge is -2.24. The lowest BCUT2D eigenvalue weighted by molar-refractivity contribution is -0.134. The van der Waals surface area contributed by atoms with Crippen LogP contribution in [0.15, 0.2) is 48.7 Å². The number of benzene rings is 1. The van der Waals surface area contributed by atoms with Crippen LogP contribution in [0.2, 0.25) is 0 Å². The van der Waals surface area contributed by atoms with E-state index in [0.29, 0.717) is 48.9 Å². The minimum absolute atomic E-state index is 0.104. The van der Waals surface area contributed by atoms with E-state index in [1.807, 2.05) is 25.2 Å². The van der Waals surface area contributed by atoms with Gasteiger partial charge in [-0.15, -0.1) is 0 Å². The summed E-state index contributed by atoms with van der Waals surface area (Å²) in [5.41, 5.74) is 1.93. The van der Waals surface area contributed by atoms with Crippen LogP contribution in [0.3, 0.4) is 0 Å². The molecular formula is C27H37N3O12. The molecule has 1 aromatic heterocycles. The van der Waals surface area contributed by atoms with Crippen LogP contribution in [0.1, 0.15) is 6.42 Å². The van der Waals surface area contributed by atoms with Crippen molar-refractivity contribution in [1.82, 2.24) is 9.88 Å². The van der Waals surface area contributed by atoms with Crippen molar-refractivity contribution in [2.75, 3.05) is 65.6 Å². The van der Waals surface area contributed by atoms with Gasteiger partial charge in [0.15, 0.2) is 11.5 Å². The molecule has 0 bridgehead atoms. The smallest absolute Gasteiger partial charge is 0.328 e. The summed E-state index contributed by atoms with van der Waals surface area (Å²) in [4.78, 5) is 46.9. The SMILES string of the molecule is COc1cc2nccc(N(C)CCCN(CCO)CCO)c2cc1OC.O=C(O)/C=C/C(=O)O.O=C(O)/C=C/C(=O)O. The average molecular weight is 596 g/mol. The Morgan fingerprint density at radius 1 is 0.762 bits per heavy atom. The molecule has 1 aromatic carbocycles. The zero-order chi connectivity index (χ0) is 32.1. The highest BCUT2D eigenvalue weighted by Gasteiger charge is 2.13. The fraction of sp³-hybridized carbons (Fsp3) is 0.370. The highest BCUT2D eigenvalue weighted by atomic mass is 16.5. The first-order valence-corrected chi connectivity index (χ1v) is 12.3. The Morgan fingerprint density at radius 2 is 1.21 bits per heavy atom. The molecule has 0 aliphatic carbocycles. The lowest BCUT2D eigenvalue weighted by atomic mass is 10.1. The number of carboxylic acids is 4. The van der Waals surface area contributed by atoms with Crippen LogP contribution in [0.25, 0.3) is 10.9 Å². The van der Waals surface area contributed by atoms with Gasteiger partial charge in [0.2, 0.25) is 0 Å². The van der Waals surface area contributed by atoms with Crippen LogP contribution in [-0.2, 0) is 19.2 Å². The molecule has 0 amide bonds. The number of methoxy groups -OCH3 is 2. The van der Waals surface area contributed by atoms with Crippen LogP contribution < -0.4 is 14.4 Å². The Morgan fingerprint density at radius 3 is 1.62 bits per heavy atom. The number of nitrogens with zero attached hydrogens (tertiary/aromatic N) is 3. The van der Waals surface area contributed by atoms with Crippen molar-refractivity contribution in [3.05, 3.63) is 48.7 Å². The van der Waals surface area contributed by atoms with E-state index < -0.39 is 23.9 Å². The van der Waals surface area contributed by atoms with Crippen molar-refractivity contribution < 1.29 is 59.3 Å². The Bertz CT molecular complexity index is 1140. The van der Waals surface area contributed by atoms with Gasteiger partial charge in [-0.3, -0.25) is 9.88 Å². The van der Waals surface area contributed by atoms with E-state index >= 15 is 0 Å². The number of anilines is 1. The molecule has 0 aliphatic heterocycles. The second kappa shape index (κ2) is 21.1. The van der Waals surface area contributed by atoms with Crippen LogP contribution in [0, 0.1) is 0 Å². The van der Waals surface area contributed by atoms with Crippen molar-refractivity contribution in [3.63, 3.8) is 0 Å². The number of carboxylic acid groups (broad SMARTS) is 4. The summed E-state index contributed by atoms with van der Waals surface area (Å²) in [7, 11) is 5.29. The predicted octanol–water partition coefficient (Wildman–Crippen LogP) is 0.789. The van der Waals surface area contributed by atoms with Gasteiger partial charge in [0, 0.05) is 80.9 Å². The number of ether oxygens (including phenoxy) is 2. The Labute approximate surface area is 242 Å². The maximum Gasteiger partial charge on any atom is 0.328 e. The first kappa shape index (κ1) is 37.3. The highest BCUT2D eigenvalue weighted by molar-refractivity contribution is 5.94. The molecule has 232 valence electrons. The third-order valence-electron chi connectivity index (χ3n) is 5.17. The van der Waals surface area contributed by atoms with E-state index in [-0.39, 0.29) is 13.2 Å². The summed E-state index contributed by atoms with van der Waals surface area (Å²) in [6, 6.07) is 5.83. The third-order valence-corrected chi connectivity index (χ3v) is 5.17. The van der Waals surface area contributed by atoms with Gasteiger partial charge in [0.1, 0.15) is 0 Å². The molecule has 6 N–H and O–H groups in total. The van der Waals surface area contributed by atoms with Crippen molar-refractivity contribution in [3.8, 4) is 11.5 Å². The molecule has 0 radical (unpaired) electrons. The molecule has 0 spiro atoms. The number of pyridine rings is 1. The molecule has 2 aromatic rings. The standard InChI is InChI=1S/C19H29N3O4.2C4H4O4/c1-21(7-4-8-22(9-11-23)10-12-24)17-5-6-20-16-14-19(26-3)18(25-2)13-15(16)17;2*5-3(6)1-2-4(7)8/h5-6,13-14,23-24H,4,7-12H2,1-3H3;2*1-2H,(H,5,6)(H,7,8)/b;2*2-1+. The van der Waals surface area contributed by atoms with Crippen molar-refractivity contribution in [1.29, 1.82) is 0 Å². The van der Waals surface area contributed by atoms with Gasteiger partial charge in [-0.25, -0.2) is 19.2 Å². The maximum atomic E-state index is 9.55. The third kappa shape index (κ3) is 15.8. The van der Waals surface area contributed by atoms with Crippen molar-refractivity contribution in [2.24, 2.45) is 0 Å². The molecule has 42 heavy (non-hydrogen) atoms. The van der Waals surface area contributed by atoms with Crippen LogP contribution in [0.5, 0.6) is 11.5 Å². The zero-order valence-corrected chi connectivity index (χ0v) is 23.5. The Balaban J connectivity index is 0.000000861. The summed E-state index contributed by atoms with van der Waals surface area (Å²) in [5.74, 6) is -3.68. The Kier molecular flexibility index (Phi) is 18.7. The normalized spacial score (nSPS) is 10.5. The van der Waals surface area contributed by atoms with Crippen LogP contribution in [-0.4, -0.2) is 125 Å². The number of carbonyl (C=O) groups is 4. The van der Waals surface area contributed by atoms with Crippen LogP contribution in [0.4, 0.5) is 5.69 Å². The molecule has 15 nitrogen and oxygen atoms in total. The number of aromatic nitrogens is 1. The second-order valence-corrected chi connectivity index (χ2v) is 8.14. The van der Waals surface area contributed by atoms with E-state index in [0.717, 1.165) is 36.1 Å². The van der Waals surface area contributed by atoms with E-state index in [1.54, 1.807) is 20.4 Å². The summed E-state index contributed by atoms with van der Waals surface area (Å²) in [6.45, 7) is 3.05. The van der Waals surface area contributed by atoms with Gasteiger partial charge in [-0.05, 0) is 18.6 Å². The van der Waals surface area contributed by atoms with E-state index in [9.17, 15) is 19.2 Å². The van der Waals surface area contributed by atoms with E-state index in [4.69, 9.17) is 40.1 Å². The minimum Gasteiger partial charge on any atom is -0.493 e. The zero-order valence-electron chi connectivity index (χ0n) is 23.5. The maximum absolute atomic E-state index is 9.55. The lowest BCUT2D eigenvalue weighted by Crippen LogP contribution is -2.32. The molecule has 1 heterocycles. The number of aliphatic carboxylic acids is 4. The quantitative estimate of drug-likeness (QED) is 0.156. The fourth-order valence-electron chi connectivity index (χ4n) is 3.35. The summed E-state index contributed by atoms with van der Waals surface area (Å²) < 4.78 is 10.8. The van der Waals surface area contributed by atoms with E-state index in [1.165, 1.54) is 0 Å². The fourth-order valence-corrected chi connectivity index (χ4v) is 3.35.